The summed E-state index contributed by atoms with van der Waals surface area (Å²) in [6, 6.07) is 12.2. The second kappa shape index (κ2) is 5.83. The molecule has 0 radical (unpaired) electrons. The Morgan fingerprint density at radius 2 is 2.10 bits per heavy atom. The standard InChI is InChI=1S/C16H18N4O/c1-11(10-13-6-5-9-21-13)17-15-8-4-3-7-14(15)16-18-12(2)19-20-16/h3-9,11,17H,10H2,1-2H3,(H,18,19,20). The molecule has 0 amide bonds. The first kappa shape index (κ1) is 13.4. The number of aryl methyl sites for hydroxylation is 1. The maximum atomic E-state index is 5.39. The number of furan rings is 1. The monoisotopic (exact) mass is 282 g/mol. The fourth-order valence-corrected chi connectivity index (χ4v) is 2.31. The van der Waals surface area contributed by atoms with Gasteiger partial charge in [-0.2, -0.15) is 5.10 Å². The minimum Gasteiger partial charge on any atom is -0.469 e. The number of aromatic amines is 1. The van der Waals surface area contributed by atoms with Gasteiger partial charge >= 0.3 is 0 Å². The molecule has 2 aromatic heterocycles. The van der Waals surface area contributed by atoms with Crippen molar-refractivity contribution in [3.05, 3.63) is 54.2 Å². The summed E-state index contributed by atoms with van der Waals surface area (Å²) in [5.41, 5.74) is 2.02. The number of rotatable bonds is 5. The van der Waals surface area contributed by atoms with E-state index >= 15 is 0 Å². The third kappa shape index (κ3) is 3.13. The molecule has 2 N–H and O–H groups in total. The summed E-state index contributed by atoms with van der Waals surface area (Å²) in [4.78, 5) is 4.40. The van der Waals surface area contributed by atoms with Gasteiger partial charge in [0.05, 0.1) is 6.26 Å². The molecule has 0 fully saturated rings. The molecule has 3 rings (SSSR count). The summed E-state index contributed by atoms with van der Waals surface area (Å²) in [6.45, 7) is 4.02. The van der Waals surface area contributed by atoms with Gasteiger partial charge in [-0.15, -0.1) is 0 Å². The Hall–Kier alpha value is -2.56. The van der Waals surface area contributed by atoms with Crippen LogP contribution in [0.1, 0.15) is 18.5 Å². The van der Waals surface area contributed by atoms with Gasteiger partial charge in [0.2, 0.25) is 0 Å². The lowest BCUT2D eigenvalue weighted by molar-refractivity contribution is 0.498. The lowest BCUT2D eigenvalue weighted by Gasteiger charge is -2.16. The molecule has 0 aliphatic rings. The van der Waals surface area contributed by atoms with Crippen LogP contribution < -0.4 is 5.32 Å². The highest BCUT2D eigenvalue weighted by atomic mass is 16.3. The number of aromatic nitrogens is 3. The van der Waals surface area contributed by atoms with Gasteiger partial charge in [0.1, 0.15) is 11.6 Å². The fourth-order valence-electron chi connectivity index (χ4n) is 2.31. The zero-order valence-electron chi connectivity index (χ0n) is 12.1. The van der Waals surface area contributed by atoms with Gasteiger partial charge in [0.15, 0.2) is 5.82 Å². The third-order valence-corrected chi connectivity index (χ3v) is 3.25. The van der Waals surface area contributed by atoms with Crippen molar-refractivity contribution < 1.29 is 4.42 Å². The number of para-hydroxylation sites is 1. The van der Waals surface area contributed by atoms with Crippen LogP contribution in [0, 0.1) is 6.92 Å². The Balaban J connectivity index is 1.79. The quantitative estimate of drug-likeness (QED) is 0.752. The van der Waals surface area contributed by atoms with Crippen LogP contribution in [0.5, 0.6) is 0 Å². The number of hydrogen-bond acceptors (Lipinski definition) is 4. The average molecular weight is 282 g/mol. The molecule has 1 atom stereocenters. The largest absolute Gasteiger partial charge is 0.469 e. The summed E-state index contributed by atoms with van der Waals surface area (Å²) in [5.74, 6) is 2.49. The molecule has 0 saturated carbocycles. The van der Waals surface area contributed by atoms with E-state index in [1.165, 1.54) is 0 Å². The lowest BCUT2D eigenvalue weighted by Crippen LogP contribution is -2.18. The smallest absolute Gasteiger partial charge is 0.183 e. The number of anilines is 1. The van der Waals surface area contributed by atoms with Crippen LogP contribution in [0.2, 0.25) is 0 Å². The van der Waals surface area contributed by atoms with Crippen molar-refractivity contribution in [3.63, 3.8) is 0 Å². The molecule has 1 aromatic carbocycles. The Morgan fingerprint density at radius 3 is 2.81 bits per heavy atom. The van der Waals surface area contributed by atoms with Crippen molar-refractivity contribution in [3.8, 4) is 11.4 Å². The van der Waals surface area contributed by atoms with E-state index in [1.807, 2.05) is 43.3 Å². The molecule has 108 valence electrons. The lowest BCUT2D eigenvalue weighted by atomic mass is 10.1. The zero-order chi connectivity index (χ0) is 14.7. The van der Waals surface area contributed by atoms with Gasteiger partial charge in [-0.25, -0.2) is 4.98 Å². The number of nitrogens with one attached hydrogen (secondary N) is 2. The summed E-state index contributed by atoms with van der Waals surface area (Å²) in [6.07, 6.45) is 2.53. The van der Waals surface area contributed by atoms with Crippen LogP contribution in [0.3, 0.4) is 0 Å². The Labute approximate surface area is 123 Å². The first-order valence-electron chi connectivity index (χ1n) is 6.99. The maximum absolute atomic E-state index is 5.39. The number of nitrogens with zero attached hydrogens (tertiary/aromatic N) is 2. The van der Waals surface area contributed by atoms with Gasteiger partial charge in [-0.3, -0.25) is 5.10 Å². The van der Waals surface area contributed by atoms with E-state index in [0.29, 0.717) is 5.82 Å². The van der Waals surface area contributed by atoms with E-state index in [1.54, 1.807) is 6.26 Å². The molecule has 3 aromatic rings. The number of hydrogen-bond donors (Lipinski definition) is 2. The zero-order valence-corrected chi connectivity index (χ0v) is 12.1. The highest BCUT2D eigenvalue weighted by Crippen LogP contribution is 2.25. The molecule has 5 nitrogen and oxygen atoms in total. The predicted molar refractivity (Wildman–Crippen MR) is 82.1 cm³/mol. The van der Waals surface area contributed by atoms with Crippen LogP contribution in [0.4, 0.5) is 5.69 Å². The van der Waals surface area contributed by atoms with E-state index in [2.05, 4.69) is 27.4 Å². The molecular weight excluding hydrogens is 264 g/mol. The van der Waals surface area contributed by atoms with Crippen molar-refractivity contribution in [2.24, 2.45) is 0 Å². The minimum absolute atomic E-state index is 0.248. The summed E-state index contributed by atoms with van der Waals surface area (Å²) >= 11 is 0. The second-order valence-electron chi connectivity index (χ2n) is 5.12. The van der Waals surface area contributed by atoms with Gasteiger partial charge in [-0.1, -0.05) is 12.1 Å². The Kier molecular flexibility index (Phi) is 3.73. The van der Waals surface area contributed by atoms with Gasteiger partial charge in [0.25, 0.3) is 0 Å². The van der Waals surface area contributed by atoms with E-state index in [9.17, 15) is 0 Å². The SMILES string of the molecule is Cc1nc(-c2ccccc2NC(C)Cc2ccco2)n[nH]1. The first-order chi connectivity index (χ1) is 10.2. The normalized spacial score (nSPS) is 12.3. The van der Waals surface area contributed by atoms with Gasteiger partial charge in [0, 0.05) is 23.7 Å². The molecule has 21 heavy (non-hydrogen) atoms. The average Bonchev–Trinajstić information content (AvgIpc) is 3.11. The first-order valence-corrected chi connectivity index (χ1v) is 6.99. The number of benzene rings is 1. The van der Waals surface area contributed by atoms with E-state index in [-0.39, 0.29) is 6.04 Å². The Bertz CT molecular complexity index is 703. The number of H-pyrrole nitrogens is 1. The predicted octanol–water partition coefficient (Wildman–Crippen LogP) is 3.42. The summed E-state index contributed by atoms with van der Waals surface area (Å²) < 4.78 is 5.39. The Morgan fingerprint density at radius 1 is 1.24 bits per heavy atom. The van der Waals surface area contributed by atoms with Crippen LogP contribution in [-0.2, 0) is 6.42 Å². The van der Waals surface area contributed by atoms with Crippen molar-refractivity contribution in [1.29, 1.82) is 0 Å². The highest BCUT2D eigenvalue weighted by Gasteiger charge is 2.12. The van der Waals surface area contributed by atoms with E-state index < -0.39 is 0 Å². The van der Waals surface area contributed by atoms with Gasteiger partial charge < -0.3 is 9.73 Å². The van der Waals surface area contributed by atoms with Gasteiger partial charge in [-0.05, 0) is 38.1 Å². The van der Waals surface area contributed by atoms with E-state index in [4.69, 9.17) is 4.42 Å². The summed E-state index contributed by atoms with van der Waals surface area (Å²) in [5, 5.41) is 10.6. The minimum atomic E-state index is 0.248. The molecule has 0 spiro atoms. The van der Waals surface area contributed by atoms with Crippen LogP contribution >= 0.6 is 0 Å². The summed E-state index contributed by atoms with van der Waals surface area (Å²) in [7, 11) is 0. The van der Waals surface area contributed by atoms with Crippen LogP contribution in [0.15, 0.2) is 47.1 Å². The fraction of sp³-hybridized carbons (Fsp3) is 0.250. The molecule has 2 heterocycles. The van der Waals surface area contributed by atoms with Crippen LogP contribution in [-0.4, -0.2) is 21.2 Å². The second-order valence-corrected chi connectivity index (χ2v) is 5.12. The van der Waals surface area contributed by atoms with Crippen molar-refractivity contribution >= 4 is 5.69 Å². The van der Waals surface area contributed by atoms with Crippen LogP contribution in [0.25, 0.3) is 11.4 Å². The molecule has 0 saturated heterocycles. The van der Waals surface area contributed by atoms with E-state index in [0.717, 1.165) is 29.3 Å². The maximum Gasteiger partial charge on any atom is 0.183 e. The van der Waals surface area contributed by atoms with Crippen molar-refractivity contribution in [1.82, 2.24) is 15.2 Å². The topological polar surface area (TPSA) is 66.7 Å². The molecule has 0 bridgehead atoms. The third-order valence-electron chi connectivity index (χ3n) is 3.25. The van der Waals surface area contributed by atoms with Crippen molar-refractivity contribution in [2.45, 2.75) is 26.3 Å². The van der Waals surface area contributed by atoms with Crippen molar-refractivity contribution in [2.75, 3.05) is 5.32 Å². The molecule has 0 aliphatic heterocycles. The molecule has 1 unspecified atom stereocenters. The molecule has 5 heteroatoms. The molecular formula is C16H18N4O. The highest BCUT2D eigenvalue weighted by molar-refractivity contribution is 5.73. The molecule has 0 aliphatic carbocycles.